The van der Waals surface area contributed by atoms with E-state index < -0.39 is 0 Å². The first-order valence-electron chi connectivity index (χ1n) is 5.62. The van der Waals surface area contributed by atoms with Crippen LogP contribution in [-0.2, 0) is 9.53 Å². The maximum Gasteiger partial charge on any atom is 0.338 e. The third-order valence-corrected chi connectivity index (χ3v) is 2.19. The first-order chi connectivity index (χ1) is 8.04. The van der Waals surface area contributed by atoms with Crippen LogP contribution in [0.2, 0.25) is 0 Å². The first-order valence-corrected chi connectivity index (χ1v) is 5.62. The number of hydrogen-bond donors (Lipinski definition) is 1. The maximum absolute atomic E-state index is 11.4. The molecule has 0 atom stereocenters. The lowest BCUT2D eigenvalue weighted by molar-refractivity contribution is -0.118. The zero-order chi connectivity index (χ0) is 12.8. The number of esters is 1. The van der Waals surface area contributed by atoms with Crippen LogP contribution < -0.4 is 5.32 Å². The van der Waals surface area contributed by atoms with Gasteiger partial charge in [-0.25, -0.2) is 4.79 Å². The molecule has 92 valence electrons. The molecule has 0 fully saturated rings. The molecule has 0 saturated carbocycles. The fraction of sp³-hybridized carbons (Fsp3) is 0.385. The Labute approximate surface area is 101 Å². The van der Waals surface area contributed by atoms with E-state index in [0.29, 0.717) is 17.9 Å². The Balaban J connectivity index is 2.68. The minimum Gasteiger partial charge on any atom is -0.462 e. The van der Waals surface area contributed by atoms with Gasteiger partial charge in [-0.2, -0.15) is 0 Å². The van der Waals surface area contributed by atoms with E-state index >= 15 is 0 Å². The van der Waals surface area contributed by atoms with Gasteiger partial charge >= 0.3 is 5.97 Å². The molecule has 4 heteroatoms. The summed E-state index contributed by atoms with van der Waals surface area (Å²) in [5.41, 5.74) is 1.16. The molecule has 0 saturated heterocycles. The van der Waals surface area contributed by atoms with Crippen LogP contribution in [0.1, 0.15) is 31.1 Å². The van der Waals surface area contributed by atoms with Crippen molar-refractivity contribution in [3.05, 3.63) is 29.8 Å². The summed E-state index contributed by atoms with van der Waals surface area (Å²) in [4.78, 5) is 22.8. The SMILES string of the molecule is CCOC(=O)c1ccc(NC(=O)C(C)C)cc1. The number of nitrogens with one attached hydrogen (secondary N) is 1. The average Bonchev–Trinajstić information content (AvgIpc) is 2.30. The van der Waals surface area contributed by atoms with Gasteiger partial charge in [-0.3, -0.25) is 4.79 Å². The first kappa shape index (κ1) is 13.2. The molecule has 0 aliphatic rings. The van der Waals surface area contributed by atoms with Gasteiger partial charge < -0.3 is 10.1 Å². The molecule has 1 aromatic carbocycles. The van der Waals surface area contributed by atoms with Crippen molar-refractivity contribution in [2.24, 2.45) is 5.92 Å². The van der Waals surface area contributed by atoms with Gasteiger partial charge in [0, 0.05) is 11.6 Å². The van der Waals surface area contributed by atoms with Crippen molar-refractivity contribution in [3.8, 4) is 0 Å². The van der Waals surface area contributed by atoms with Crippen molar-refractivity contribution in [2.75, 3.05) is 11.9 Å². The second-order valence-corrected chi connectivity index (χ2v) is 3.94. The van der Waals surface area contributed by atoms with E-state index in [9.17, 15) is 9.59 Å². The van der Waals surface area contributed by atoms with Crippen LogP contribution in [0.5, 0.6) is 0 Å². The largest absolute Gasteiger partial charge is 0.462 e. The van der Waals surface area contributed by atoms with Gasteiger partial charge in [-0.05, 0) is 31.2 Å². The minimum absolute atomic E-state index is 0.0473. The zero-order valence-corrected chi connectivity index (χ0v) is 10.3. The van der Waals surface area contributed by atoms with E-state index in [2.05, 4.69) is 5.32 Å². The average molecular weight is 235 g/mol. The Morgan fingerprint density at radius 3 is 2.29 bits per heavy atom. The summed E-state index contributed by atoms with van der Waals surface area (Å²) in [5.74, 6) is -0.470. The quantitative estimate of drug-likeness (QED) is 0.815. The van der Waals surface area contributed by atoms with Crippen LogP contribution in [0, 0.1) is 5.92 Å². The van der Waals surface area contributed by atoms with E-state index in [0.717, 1.165) is 0 Å². The van der Waals surface area contributed by atoms with E-state index in [1.165, 1.54) is 0 Å². The lowest BCUT2D eigenvalue weighted by atomic mass is 10.2. The van der Waals surface area contributed by atoms with Gasteiger partial charge in [-0.15, -0.1) is 0 Å². The lowest BCUT2D eigenvalue weighted by Gasteiger charge is -2.08. The summed E-state index contributed by atoms with van der Waals surface area (Å²) in [6.07, 6.45) is 0. The molecule has 1 amide bonds. The van der Waals surface area contributed by atoms with E-state index in [4.69, 9.17) is 4.74 Å². The fourth-order valence-electron chi connectivity index (χ4n) is 1.19. The zero-order valence-electron chi connectivity index (χ0n) is 10.3. The summed E-state index contributed by atoms with van der Waals surface area (Å²) in [6.45, 7) is 5.75. The van der Waals surface area contributed by atoms with Crippen LogP contribution in [0.25, 0.3) is 0 Å². The molecule has 0 aliphatic heterocycles. The van der Waals surface area contributed by atoms with E-state index in [-0.39, 0.29) is 17.8 Å². The van der Waals surface area contributed by atoms with Gasteiger partial charge in [0.25, 0.3) is 0 Å². The van der Waals surface area contributed by atoms with Gasteiger partial charge in [0.1, 0.15) is 0 Å². The molecule has 0 bridgehead atoms. The summed E-state index contributed by atoms with van der Waals surface area (Å²) >= 11 is 0. The standard InChI is InChI=1S/C13H17NO3/c1-4-17-13(16)10-5-7-11(8-6-10)14-12(15)9(2)3/h5-9H,4H2,1-3H3,(H,14,15). The van der Waals surface area contributed by atoms with Crippen molar-refractivity contribution in [2.45, 2.75) is 20.8 Å². The van der Waals surface area contributed by atoms with Crippen LogP contribution in [0.15, 0.2) is 24.3 Å². The summed E-state index contributed by atoms with van der Waals surface area (Å²) in [5, 5.41) is 2.75. The summed E-state index contributed by atoms with van der Waals surface area (Å²) in [7, 11) is 0. The van der Waals surface area contributed by atoms with Crippen molar-refractivity contribution < 1.29 is 14.3 Å². The molecule has 1 aromatic rings. The van der Waals surface area contributed by atoms with Gasteiger partial charge in [0.15, 0.2) is 0 Å². The number of benzene rings is 1. The number of ether oxygens (including phenoxy) is 1. The van der Waals surface area contributed by atoms with Crippen molar-refractivity contribution in [1.82, 2.24) is 0 Å². The molecular weight excluding hydrogens is 218 g/mol. The molecule has 0 radical (unpaired) electrons. The second-order valence-electron chi connectivity index (χ2n) is 3.94. The third kappa shape index (κ3) is 3.90. The highest BCUT2D eigenvalue weighted by Crippen LogP contribution is 2.11. The predicted octanol–water partition coefficient (Wildman–Crippen LogP) is 2.46. The summed E-state index contributed by atoms with van der Waals surface area (Å²) in [6, 6.07) is 6.64. The smallest absolute Gasteiger partial charge is 0.338 e. The lowest BCUT2D eigenvalue weighted by Crippen LogP contribution is -2.17. The van der Waals surface area contributed by atoms with Crippen LogP contribution >= 0.6 is 0 Å². The number of amides is 1. The molecule has 17 heavy (non-hydrogen) atoms. The molecule has 0 unspecified atom stereocenters. The Kier molecular flexibility index (Phi) is 4.69. The van der Waals surface area contributed by atoms with Crippen molar-refractivity contribution in [1.29, 1.82) is 0 Å². The fourth-order valence-corrected chi connectivity index (χ4v) is 1.19. The molecular formula is C13H17NO3. The molecule has 0 spiro atoms. The molecule has 0 heterocycles. The maximum atomic E-state index is 11.4. The van der Waals surface area contributed by atoms with Crippen LogP contribution in [0.4, 0.5) is 5.69 Å². The number of hydrogen-bond acceptors (Lipinski definition) is 3. The van der Waals surface area contributed by atoms with Gasteiger partial charge in [0.05, 0.1) is 12.2 Å². The molecule has 1 N–H and O–H groups in total. The molecule has 1 rings (SSSR count). The topological polar surface area (TPSA) is 55.4 Å². The third-order valence-electron chi connectivity index (χ3n) is 2.19. The normalized spacial score (nSPS) is 10.1. The van der Waals surface area contributed by atoms with E-state index in [1.54, 1.807) is 31.2 Å². The summed E-state index contributed by atoms with van der Waals surface area (Å²) < 4.78 is 4.86. The minimum atomic E-state index is -0.353. The van der Waals surface area contributed by atoms with E-state index in [1.807, 2.05) is 13.8 Å². The van der Waals surface area contributed by atoms with Crippen molar-refractivity contribution in [3.63, 3.8) is 0 Å². The van der Waals surface area contributed by atoms with Crippen LogP contribution in [0.3, 0.4) is 0 Å². The highest BCUT2D eigenvalue weighted by atomic mass is 16.5. The molecule has 0 aromatic heterocycles. The Morgan fingerprint density at radius 1 is 1.24 bits per heavy atom. The van der Waals surface area contributed by atoms with Crippen LogP contribution in [-0.4, -0.2) is 18.5 Å². The second kappa shape index (κ2) is 6.03. The number of carbonyl (C=O) groups is 2. The Morgan fingerprint density at radius 2 is 1.82 bits per heavy atom. The Hall–Kier alpha value is -1.84. The monoisotopic (exact) mass is 235 g/mol. The molecule has 0 aliphatic carbocycles. The highest BCUT2D eigenvalue weighted by molar-refractivity contribution is 5.93. The van der Waals surface area contributed by atoms with Gasteiger partial charge in [0.2, 0.25) is 5.91 Å². The van der Waals surface area contributed by atoms with Gasteiger partial charge in [-0.1, -0.05) is 13.8 Å². The Bertz CT molecular complexity index is 396. The van der Waals surface area contributed by atoms with Crippen molar-refractivity contribution >= 4 is 17.6 Å². The number of rotatable bonds is 4. The predicted molar refractivity (Wildman–Crippen MR) is 65.9 cm³/mol. The number of anilines is 1. The molecule has 4 nitrogen and oxygen atoms in total. The highest BCUT2D eigenvalue weighted by Gasteiger charge is 2.08. The number of carbonyl (C=O) groups excluding carboxylic acids is 2.